The van der Waals surface area contributed by atoms with E-state index in [0.29, 0.717) is 11.0 Å². The molecule has 0 saturated heterocycles. The van der Waals surface area contributed by atoms with E-state index in [1.54, 1.807) is 0 Å². The lowest BCUT2D eigenvalue weighted by Gasteiger charge is -2.55. The molecule has 104 valence electrons. The van der Waals surface area contributed by atoms with E-state index in [0.717, 1.165) is 18.9 Å². The molecule has 0 unspecified atom stereocenters. The van der Waals surface area contributed by atoms with Crippen LogP contribution in [0.15, 0.2) is 18.2 Å². The van der Waals surface area contributed by atoms with E-state index in [-0.39, 0.29) is 0 Å². The van der Waals surface area contributed by atoms with Gasteiger partial charge in [-0.25, -0.2) is 8.78 Å². The van der Waals surface area contributed by atoms with Crippen LogP contribution in [0, 0.1) is 17.0 Å². The summed E-state index contributed by atoms with van der Waals surface area (Å²) in [6.45, 7) is 0. The Morgan fingerprint density at radius 2 is 1.58 bits per heavy atom. The minimum atomic E-state index is -0.581. The van der Waals surface area contributed by atoms with Gasteiger partial charge in [0.05, 0.1) is 0 Å². The molecule has 0 atom stereocenters. The summed E-state index contributed by atoms with van der Waals surface area (Å²) in [5, 5.41) is 0. The Morgan fingerprint density at radius 1 is 0.947 bits per heavy atom. The third kappa shape index (κ3) is 2.29. The van der Waals surface area contributed by atoms with E-state index >= 15 is 0 Å². The van der Waals surface area contributed by atoms with Crippen LogP contribution in [0.25, 0.3) is 0 Å². The van der Waals surface area contributed by atoms with Crippen molar-refractivity contribution in [2.45, 2.75) is 56.9 Å². The number of nitrogens with two attached hydrogens (primary N) is 1. The first kappa shape index (κ1) is 13.0. The van der Waals surface area contributed by atoms with E-state index < -0.39 is 17.2 Å². The van der Waals surface area contributed by atoms with Crippen molar-refractivity contribution in [2.24, 2.45) is 11.1 Å². The molecule has 0 aliphatic heterocycles. The molecule has 3 heteroatoms. The Hall–Kier alpha value is -0.960. The molecule has 2 aliphatic rings. The summed E-state index contributed by atoms with van der Waals surface area (Å²) >= 11 is 0. The van der Waals surface area contributed by atoms with Crippen LogP contribution in [0.5, 0.6) is 0 Å². The van der Waals surface area contributed by atoms with Gasteiger partial charge in [-0.05, 0) is 37.2 Å². The van der Waals surface area contributed by atoms with Gasteiger partial charge in [0.25, 0.3) is 0 Å². The van der Waals surface area contributed by atoms with Crippen molar-refractivity contribution in [3.63, 3.8) is 0 Å². The minimum Gasteiger partial charge on any atom is -0.321 e. The van der Waals surface area contributed by atoms with Crippen molar-refractivity contribution < 1.29 is 8.78 Å². The van der Waals surface area contributed by atoms with Crippen LogP contribution < -0.4 is 5.73 Å². The van der Waals surface area contributed by atoms with Crippen LogP contribution in [0.1, 0.15) is 56.9 Å². The zero-order valence-electron chi connectivity index (χ0n) is 11.2. The maximum atomic E-state index is 13.9. The maximum absolute atomic E-state index is 13.9. The lowest BCUT2D eigenvalue weighted by molar-refractivity contribution is 0.00757. The molecule has 1 spiro atoms. The highest BCUT2D eigenvalue weighted by molar-refractivity contribution is 5.31. The van der Waals surface area contributed by atoms with Crippen LogP contribution in [0.3, 0.4) is 0 Å². The van der Waals surface area contributed by atoms with Gasteiger partial charge in [-0.15, -0.1) is 0 Å². The second kappa shape index (κ2) is 4.55. The lowest BCUT2D eigenvalue weighted by atomic mass is 9.52. The monoisotopic (exact) mass is 265 g/mol. The summed E-state index contributed by atoms with van der Waals surface area (Å²) in [6.07, 6.45) is 9.28. The molecule has 19 heavy (non-hydrogen) atoms. The fourth-order valence-corrected chi connectivity index (χ4v) is 4.20. The first-order valence-electron chi connectivity index (χ1n) is 7.28. The van der Waals surface area contributed by atoms with E-state index in [1.807, 2.05) is 0 Å². The predicted molar refractivity (Wildman–Crippen MR) is 71.6 cm³/mol. The summed E-state index contributed by atoms with van der Waals surface area (Å²) in [4.78, 5) is 0. The second-order valence-electron chi connectivity index (χ2n) is 6.55. The normalized spacial score (nSPS) is 24.8. The molecule has 0 amide bonds. The molecule has 2 N–H and O–H groups in total. The highest BCUT2D eigenvalue weighted by Gasteiger charge is 2.53. The van der Waals surface area contributed by atoms with Crippen molar-refractivity contribution in [1.29, 1.82) is 0 Å². The van der Waals surface area contributed by atoms with Crippen LogP contribution in [-0.4, -0.2) is 0 Å². The van der Waals surface area contributed by atoms with Crippen LogP contribution in [-0.2, 0) is 5.54 Å². The van der Waals surface area contributed by atoms with E-state index in [1.165, 1.54) is 50.7 Å². The van der Waals surface area contributed by atoms with Gasteiger partial charge in [-0.2, -0.15) is 0 Å². The summed E-state index contributed by atoms with van der Waals surface area (Å²) in [5.74, 6) is -1.03. The predicted octanol–water partition coefficient (Wildman–Crippen LogP) is 4.25. The number of halogens is 2. The lowest BCUT2D eigenvalue weighted by Crippen LogP contribution is -2.55. The van der Waals surface area contributed by atoms with Gasteiger partial charge in [-0.3, -0.25) is 0 Å². The third-order valence-corrected chi connectivity index (χ3v) is 5.01. The standard InChI is InChI=1S/C16H21F2N/c17-12-5-6-13(14(18)9-12)16(19)10-15(11-16)7-3-1-2-4-8-15/h5-6,9H,1-4,7-8,10-11,19H2. The van der Waals surface area contributed by atoms with Gasteiger partial charge in [0.2, 0.25) is 0 Å². The Balaban J connectivity index is 1.79. The maximum Gasteiger partial charge on any atom is 0.131 e. The van der Waals surface area contributed by atoms with E-state index in [4.69, 9.17) is 5.73 Å². The summed E-state index contributed by atoms with van der Waals surface area (Å²) in [6, 6.07) is 3.78. The second-order valence-corrected chi connectivity index (χ2v) is 6.55. The smallest absolute Gasteiger partial charge is 0.131 e. The third-order valence-electron chi connectivity index (χ3n) is 5.01. The van der Waals surface area contributed by atoms with Gasteiger partial charge in [0.15, 0.2) is 0 Å². The average Bonchev–Trinajstić information content (AvgIpc) is 2.53. The molecule has 3 rings (SSSR count). The fourth-order valence-electron chi connectivity index (χ4n) is 4.20. The Bertz CT molecular complexity index is 468. The van der Waals surface area contributed by atoms with Gasteiger partial charge >= 0.3 is 0 Å². The molecule has 2 aliphatic carbocycles. The molecule has 0 radical (unpaired) electrons. The van der Waals surface area contributed by atoms with Crippen molar-refractivity contribution in [3.8, 4) is 0 Å². The number of rotatable bonds is 1. The number of hydrogen-bond acceptors (Lipinski definition) is 1. The molecule has 0 bridgehead atoms. The van der Waals surface area contributed by atoms with Gasteiger partial charge in [0, 0.05) is 17.2 Å². The van der Waals surface area contributed by atoms with Gasteiger partial charge < -0.3 is 5.73 Å². The van der Waals surface area contributed by atoms with Crippen molar-refractivity contribution >= 4 is 0 Å². The van der Waals surface area contributed by atoms with Crippen molar-refractivity contribution in [1.82, 2.24) is 0 Å². The molecule has 1 aromatic carbocycles. The molecule has 0 aromatic heterocycles. The number of hydrogen-bond donors (Lipinski definition) is 1. The fraction of sp³-hybridized carbons (Fsp3) is 0.625. The SMILES string of the molecule is NC1(c2ccc(F)cc2F)CC2(CCCCCC2)C1. The van der Waals surface area contributed by atoms with Gasteiger partial charge in [-0.1, -0.05) is 31.7 Å². The first-order chi connectivity index (χ1) is 9.03. The molecule has 2 saturated carbocycles. The largest absolute Gasteiger partial charge is 0.321 e. The topological polar surface area (TPSA) is 26.0 Å². The average molecular weight is 265 g/mol. The summed E-state index contributed by atoms with van der Waals surface area (Å²) in [7, 11) is 0. The summed E-state index contributed by atoms with van der Waals surface area (Å²) < 4.78 is 26.9. The Kier molecular flexibility index (Phi) is 3.12. The zero-order valence-corrected chi connectivity index (χ0v) is 11.2. The highest BCUT2D eigenvalue weighted by atomic mass is 19.1. The zero-order chi connectivity index (χ0) is 13.5. The molecule has 2 fully saturated rings. The molecule has 1 aromatic rings. The Labute approximate surface area is 113 Å². The van der Waals surface area contributed by atoms with Crippen LogP contribution in [0.2, 0.25) is 0 Å². The highest BCUT2D eigenvalue weighted by Crippen LogP contribution is 2.59. The minimum absolute atomic E-state index is 0.325. The molecular weight excluding hydrogens is 244 g/mol. The van der Waals surface area contributed by atoms with Crippen molar-refractivity contribution in [2.75, 3.05) is 0 Å². The molecular formula is C16H21F2N. The molecule has 1 nitrogen and oxygen atoms in total. The van der Waals surface area contributed by atoms with E-state index in [2.05, 4.69) is 0 Å². The summed E-state index contributed by atoms with van der Waals surface area (Å²) in [5.41, 5.74) is 6.60. The van der Waals surface area contributed by atoms with Gasteiger partial charge in [0.1, 0.15) is 11.6 Å². The quantitative estimate of drug-likeness (QED) is 0.807. The first-order valence-corrected chi connectivity index (χ1v) is 7.28. The van der Waals surface area contributed by atoms with Crippen LogP contribution in [0.4, 0.5) is 8.78 Å². The van der Waals surface area contributed by atoms with Crippen molar-refractivity contribution in [3.05, 3.63) is 35.4 Å². The van der Waals surface area contributed by atoms with Crippen LogP contribution >= 0.6 is 0 Å². The molecule has 0 heterocycles. The van der Waals surface area contributed by atoms with E-state index in [9.17, 15) is 8.78 Å². The number of benzene rings is 1. The Morgan fingerprint density at radius 3 is 2.16 bits per heavy atom.